The van der Waals surface area contributed by atoms with Gasteiger partial charge in [0.2, 0.25) is 0 Å². The third-order valence-corrected chi connectivity index (χ3v) is 5.60. The number of benzene rings is 1. The number of hydrogen-bond donors (Lipinski definition) is 1. The number of nitrogens with zero attached hydrogens (tertiary/aromatic N) is 1. The third kappa shape index (κ3) is 2.64. The molecule has 102 valence electrons. The van der Waals surface area contributed by atoms with Crippen LogP contribution in [0, 0.1) is 6.92 Å². The van der Waals surface area contributed by atoms with E-state index in [1.807, 2.05) is 37.3 Å². The molecule has 1 atom stereocenters. The molecule has 0 radical (unpaired) electrons. The van der Waals surface area contributed by atoms with Crippen LogP contribution in [-0.4, -0.2) is 10.1 Å². The highest BCUT2D eigenvalue weighted by Crippen LogP contribution is 2.32. The molecular weight excluding hydrogens is 334 g/mol. The Balaban J connectivity index is 1.93. The van der Waals surface area contributed by atoms with Gasteiger partial charge in [-0.3, -0.25) is 4.98 Å². The Morgan fingerprint density at radius 2 is 2.10 bits per heavy atom. The van der Waals surface area contributed by atoms with Gasteiger partial charge in [-0.15, -0.1) is 11.3 Å². The monoisotopic (exact) mass is 347 g/mol. The van der Waals surface area contributed by atoms with Crippen molar-refractivity contribution in [3.8, 4) is 0 Å². The van der Waals surface area contributed by atoms with Crippen molar-refractivity contribution >= 4 is 38.2 Å². The Morgan fingerprint density at radius 1 is 1.30 bits per heavy atom. The quantitative estimate of drug-likeness (QED) is 0.748. The molecule has 0 saturated heterocycles. The molecule has 0 aliphatic rings. The van der Waals surface area contributed by atoms with E-state index in [1.54, 1.807) is 17.5 Å². The normalized spacial score (nSPS) is 12.8. The largest absolute Gasteiger partial charge is 0.387 e. The zero-order valence-corrected chi connectivity index (χ0v) is 13.4. The fourth-order valence-corrected chi connectivity index (χ4v) is 3.83. The molecule has 20 heavy (non-hydrogen) atoms. The lowest BCUT2D eigenvalue weighted by atomic mass is 10.0. The zero-order chi connectivity index (χ0) is 14.1. The summed E-state index contributed by atoms with van der Waals surface area (Å²) < 4.78 is 1.07. The number of aliphatic hydroxyl groups is 1. The maximum atomic E-state index is 10.4. The highest BCUT2D eigenvalue weighted by atomic mass is 79.9. The van der Waals surface area contributed by atoms with Crippen molar-refractivity contribution in [3.63, 3.8) is 0 Å². The Kier molecular flexibility index (Phi) is 3.87. The molecule has 0 spiro atoms. The highest BCUT2D eigenvalue weighted by Gasteiger charge is 2.14. The predicted octanol–water partition coefficient (Wildman–Crippen LogP) is 4.64. The first kappa shape index (κ1) is 13.7. The van der Waals surface area contributed by atoms with E-state index in [1.165, 1.54) is 4.88 Å². The number of para-hydroxylation sites is 1. The van der Waals surface area contributed by atoms with E-state index < -0.39 is 6.10 Å². The van der Waals surface area contributed by atoms with E-state index in [0.717, 1.165) is 25.8 Å². The molecule has 0 aliphatic heterocycles. The smallest absolute Gasteiger partial charge is 0.0922 e. The molecule has 2 aromatic heterocycles. The number of aryl methyl sites for hydroxylation is 1. The van der Waals surface area contributed by atoms with Gasteiger partial charge in [0.15, 0.2) is 0 Å². The van der Waals surface area contributed by atoms with Gasteiger partial charge in [0.25, 0.3) is 0 Å². The molecule has 0 bridgehead atoms. The minimum absolute atomic E-state index is 0.476. The molecule has 0 amide bonds. The van der Waals surface area contributed by atoms with Crippen LogP contribution >= 0.6 is 27.3 Å². The average molecular weight is 348 g/mol. The summed E-state index contributed by atoms with van der Waals surface area (Å²) in [5.41, 5.74) is 2.10. The molecule has 1 aromatic carbocycles. The Bertz CT molecular complexity index is 728. The van der Waals surface area contributed by atoms with Gasteiger partial charge in [0.05, 0.1) is 11.6 Å². The summed E-state index contributed by atoms with van der Waals surface area (Å²) in [6, 6.07) is 12.0. The van der Waals surface area contributed by atoms with Crippen molar-refractivity contribution in [2.24, 2.45) is 0 Å². The second-order valence-corrected chi connectivity index (χ2v) is 6.90. The molecule has 0 saturated carbocycles. The molecular formula is C16H14BrNOS. The van der Waals surface area contributed by atoms with E-state index in [2.05, 4.69) is 27.0 Å². The molecule has 1 unspecified atom stereocenters. The zero-order valence-electron chi connectivity index (χ0n) is 11.0. The van der Waals surface area contributed by atoms with Gasteiger partial charge < -0.3 is 5.11 Å². The van der Waals surface area contributed by atoms with Crippen LogP contribution in [0.1, 0.15) is 21.4 Å². The number of rotatable bonds is 3. The minimum atomic E-state index is -0.476. The molecule has 0 fully saturated rings. The summed E-state index contributed by atoms with van der Waals surface area (Å²) >= 11 is 5.13. The van der Waals surface area contributed by atoms with Gasteiger partial charge >= 0.3 is 0 Å². The van der Waals surface area contributed by atoms with E-state index in [0.29, 0.717) is 6.42 Å². The predicted molar refractivity (Wildman–Crippen MR) is 87.2 cm³/mol. The lowest BCUT2D eigenvalue weighted by Gasteiger charge is -2.10. The lowest BCUT2D eigenvalue weighted by molar-refractivity contribution is 0.182. The highest BCUT2D eigenvalue weighted by molar-refractivity contribution is 9.10. The second-order valence-electron chi connectivity index (χ2n) is 4.76. The summed E-state index contributed by atoms with van der Waals surface area (Å²) in [5.74, 6) is 0. The maximum absolute atomic E-state index is 10.4. The topological polar surface area (TPSA) is 33.1 Å². The van der Waals surface area contributed by atoms with Crippen LogP contribution in [0.25, 0.3) is 10.9 Å². The fourth-order valence-electron chi connectivity index (χ4n) is 2.29. The number of thiophene rings is 1. The molecule has 1 N–H and O–H groups in total. The maximum Gasteiger partial charge on any atom is 0.0922 e. The summed E-state index contributed by atoms with van der Waals surface area (Å²) in [4.78, 5) is 6.54. The van der Waals surface area contributed by atoms with Gasteiger partial charge in [0, 0.05) is 32.2 Å². The van der Waals surface area contributed by atoms with Crippen LogP contribution in [0.3, 0.4) is 0 Å². The van der Waals surface area contributed by atoms with Gasteiger partial charge in [-0.1, -0.05) is 18.2 Å². The van der Waals surface area contributed by atoms with Crippen LogP contribution in [0.2, 0.25) is 0 Å². The van der Waals surface area contributed by atoms with Crippen molar-refractivity contribution in [1.29, 1.82) is 0 Å². The molecule has 3 aromatic rings. The summed E-state index contributed by atoms with van der Waals surface area (Å²) in [6.07, 6.45) is 1.94. The van der Waals surface area contributed by atoms with Gasteiger partial charge in [-0.05, 0) is 46.6 Å². The minimum Gasteiger partial charge on any atom is -0.387 e. The molecule has 2 heterocycles. The van der Waals surface area contributed by atoms with Crippen molar-refractivity contribution < 1.29 is 5.11 Å². The van der Waals surface area contributed by atoms with E-state index >= 15 is 0 Å². The van der Waals surface area contributed by atoms with E-state index in [4.69, 9.17) is 0 Å². The number of pyridine rings is 1. The van der Waals surface area contributed by atoms with Crippen LogP contribution in [0.5, 0.6) is 0 Å². The van der Waals surface area contributed by atoms with Crippen LogP contribution in [0.4, 0.5) is 0 Å². The van der Waals surface area contributed by atoms with Crippen molar-refractivity contribution in [2.75, 3.05) is 0 Å². The van der Waals surface area contributed by atoms with Gasteiger partial charge in [-0.25, -0.2) is 0 Å². The number of aliphatic hydroxyl groups excluding tert-OH is 1. The molecule has 4 heteroatoms. The van der Waals surface area contributed by atoms with Crippen LogP contribution < -0.4 is 0 Å². The first-order valence-electron chi connectivity index (χ1n) is 6.41. The molecule has 3 rings (SSSR count). The third-order valence-electron chi connectivity index (χ3n) is 3.36. The Labute approximate surface area is 130 Å². The SMILES string of the molecule is Cc1sc(C(O)Cc2ccnc3ccccc23)cc1Br. The Morgan fingerprint density at radius 3 is 2.85 bits per heavy atom. The summed E-state index contributed by atoms with van der Waals surface area (Å²) in [5, 5.41) is 11.6. The Hall–Kier alpha value is -1.23. The van der Waals surface area contributed by atoms with Crippen molar-refractivity contribution in [1.82, 2.24) is 4.98 Å². The van der Waals surface area contributed by atoms with E-state index in [9.17, 15) is 5.11 Å². The molecule has 2 nitrogen and oxygen atoms in total. The summed E-state index contributed by atoms with van der Waals surface area (Å²) in [6.45, 7) is 2.05. The first-order chi connectivity index (χ1) is 9.65. The van der Waals surface area contributed by atoms with E-state index in [-0.39, 0.29) is 0 Å². The summed E-state index contributed by atoms with van der Waals surface area (Å²) in [7, 11) is 0. The van der Waals surface area contributed by atoms with Crippen LogP contribution in [0.15, 0.2) is 47.1 Å². The fraction of sp³-hybridized carbons (Fsp3) is 0.188. The number of aromatic nitrogens is 1. The van der Waals surface area contributed by atoms with Gasteiger partial charge in [-0.2, -0.15) is 0 Å². The van der Waals surface area contributed by atoms with Gasteiger partial charge in [0.1, 0.15) is 0 Å². The molecule has 0 aliphatic carbocycles. The van der Waals surface area contributed by atoms with Crippen molar-refractivity contribution in [3.05, 3.63) is 62.4 Å². The van der Waals surface area contributed by atoms with Crippen molar-refractivity contribution in [2.45, 2.75) is 19.4 Å². The second kappa shape index (κ2) is 5.64. The number of hydrogen-bond acceptors (Lipinski definition) is 3. The average Bonchev–Trinajstić information content (AvgIpc) is 2.79. The standard InChI is InChI=1S/C16H14BrNOS/c1-10-13(17)9-16(20-10)15(19)8-11-6-7-18-14-5-3-2-4-12(11)14/h2-7,9,15,19H,8H2,1H3. The number of halogens is 1. The number of fused-ring (bicyclic) bond motifs is 1. The first-order valence-corrected chi connectivity index (χ1v) is 8.02. The lowest BCUT2D eigenvalue weighted by Crippen LogP contribution is -2.00. The van der Waals surface area contributed by atoms with Crippen LogP contribution in [-0.2, 0) is 6.42 Å².